The number of halogens is 4. The zero-order valence-electron chi connectivity index (χ0n) is 17.1. The number of aliphatic carboxylic acids is 1. The molecule has 0 radical (unpaired) electrons. The lowest BCUT2D eigenvalue weighted by Crippen LogP contribution is -2.43. The first-order chi connectivity index (χ1) is 15.4. The maximum Gasteiger partial charge on any atom is 0.394 e. The molecule has 11 heteroatoms. The minimum atomic E-state index is -4.53. The van der Waals surface area contributed by atoms with Crippen LogP contribution in [0.25, 0.3) is 11.1 Å². The van der Waals surface area contributed by atoms with Crippen LogP contribution in [0.4, 0.5) is 13.2 Å². The molecule has 0 aliphatic rings. The van der Waals surface area contributed by atoms with Crippen molar-refractivity contribution >= 4 is 29.4 Å². The standard InChI is InChI=1S/C22H21ClF3NO6/c23-16-3-1-2-15(11-16)14-6-4-13(5-7-14)10-17(27-19(29)20(30)31)12-18(28)21(32)33-9-8-22(24,25)26/h1-7,11,17-18,28H,8-10,12H2,(H,27,29)(H,30,31). The predicted molar refractivity (Wildman–Crippen MR) is 112 cm³/mol. The summed E-state index contributed by atoms with van der Waals surface area (Å²) in [5.74, 6) is -4.42. The average molecular weight is 488 g/mol. The van der Waals surface area contributed by atoms with E-state index in [-0.39, 0.29) is 6.42 Å². The first-order valence-electron chi connectivity index (χ1n) is 9.74. The van der Waals surface area contributed by atoms with E-state index in [2.05, 4.69) is 10.1 Å². The molecule has 2 atom stereocenters. The third kappa shape index (κ3) is 9.11. The molecule has 2 unspecified atom stereocenters. The van der Waals surface area contributed by atoms with Crippen LogP contribution < -0.4 is 5.32 Å². The van der Waals surface area contributed by atoms with Gasteiger partial charge in [-0.1, -0.05) is 48.0 Å². The van der Waals surface area contributed by atoms with Crippen molar-refractivity contribution in [1.82, 2.24) is 5.32 Å². The second kappa shape index (κ2) is 11.7. The van der Waals surface area contributed by atoms with Gasteiger partial charge in [0.1, 0.15) is 6.61 Å². The number of carboxylic acid groups (broad SMARTS) is 1. The molecule has 0 spiro atoms. The average Bonchev–Trinajstić information content (AvgIpc) is 2.73. The quantitative estimate of drug-likeness (QED) is 0.369. The van der Waals surface area contributed by atoms with Crippen LogP contribution in [-0.4, -0.2) is 53.0 Å². The molecule has 0 aliphatic heterocycles. The van der Waals surface area contributed by atoms with Crippen molar-refractivity contribution in [2.24, 2.45) is 0 Å². The Balaban J connectivity index is 2.06. The van der Waals surface area contributed by atoms with E-state index >= 15 is 0 Å². The van der Waals surface area contributed by atoms with Crippen molar-refractivity contribution < 1.29 is 42.5 Å². The molecule has 2 aromatic rings. The number of rotatable bonds is 9. The second-order valence-corrected chi connectivity index (χ2v) is 7.61. The summed E-state index contributed by atoms with van der Waals surface area (Å²) in [6, 6.07) is 13.1. The number of benzene rings is 2. The third-order valence-electron chi connectivity index (χ3n) is 4.53. The Morgan fingerprint density at radius 3 is 2.30 bits per heavy atom. The Hall–Kier alpha value is -3.11. The van der Waals surface area contributed by atoms with Crippen molar-refractivity contribution in [3.8, 4) is 11.1 Å². The fraction of sp³-hybridized carbons (Fsp3) is 0.318. The zero-order valence-corrected chi connectivity index (χ0v) is 17.9. The summed E-state index contributed by atoms with van der Waals surface area (Å²) >= 11 is 5.99. The molecule has 0 aromatic heterocycles. The number of carbonyl (C=O) groups is 3. The Bertz CT molecular complexity index is 981. The molecule has 0 heterocycles. The van der Waals surface area contributed by atoms with E-state index in [1.54, 1.807) is 42.5 Å². The van der Waals surface area contributed by atoms with E-state index < -0.39 is 55.6 Å². The van der Waals surface area contributed by atoms with E-state index in [9.17, 15) is 32.7 Å². The van der Waals surface area contributed by atoms with Crippen molar-refractivity contribution in [3.05, 3.63) is 59.1 Å². The van der Waals surface area contributed by atoms with Crippen LogP contribution in [-0.2, 0) is 25.5 Å². The maximum absolute atomic E-state index is 12.2. The summed E-state index contributed by atoms with van der Waals surface area (Å²) in [6.07, 6.45) is -8.17. The van der Waals surface area contributed by atoms with Crippen LogP contribution in [0.1, 0.15) is 18.4 Å². The van der Waals surface area contributed by atoms with E-state index in [0.29, 0.717) is 10.6 Å². The van der Waals surface area contributed by atoms with Gasteiger partial charge in [-0.3, -0.25) is 4.79 Å². The number of amides is 1. The van der Waals surface area contributed by atoms with E-state index in [4.69, 9.17) is 16.7 Å². The van der Waals surface area contributed by atoms with Crippen LogP contribution in [0.2, 0.25) is 5.02 Å². The lowest BCUT2D eigenvalue weighted by atomic mass is 9.98. The summed E-state index contributed by atoms with van der Waals surface area (Å²) in [5, 5.41) is 21.6. The molecule has 0 bridgehead atoms. The SMILES string of the molecule is O=C(O)C(=O)NC(Cc1ccc(-c2cccc(Cl)c2)cc1)CC(O)C(=O)OCCC(F)(F)F. The number of carboxylic acids is 1. The number of alkyl halides is 3. The zero-order chi connectivity index (χ0) is 24.6. The van der Waals surface area contributed by atoms with Gasteiger partial charge in [0.15, 0.2) is 6.10 Å². The number of hydrogen-bond donors (Lipinski definition) is 3. The molecule has 33 heavy (non-hydrogen) atoms. The second-order valence-electron chi connectivity index (χ2n) is 7.17. The number of nitrogens with one attached hydrogen (secondary N) is 1. The lowest BCUT2D eigenvalue weighted by molar-refractivity contribution is -0.166. The lowest BCUT2D eigenvalue weighted by Gasteiger charge is -2.21. The minimum absolute atomic E-state index is 0.0434. The van der Waals surface area contributed by atoms with Crippen molar-refractivity contribution in [1.29, 1.82) is 0 Å². The topological polar surface area (TPSA) is 113 Å². The van der Waals surface area contributed by atoms with Crippen molar-refractivity contribution in [2.75, 3.05) is 6.61 Å². The Morgan fingerprint density at radius 2 is 1.73 bits per heavy atom. The molecule has 2 rings (SSSR count). The largest absolute Gasteiger partial charge is 0.474 e. The molecule has 0 fully saturated rings. The number of aliphatic hydroxyl groups is 1. The normalized spacial score (nSPS) is 13.1. The molecule has 0 aliphatic carbocycles. The number of aliphatic hydroxyl groups excluding tert-OH is 1. The summed E-state index contributed by atoms with van der Waals surface area (Å²) in [6.45, 7) is -0.962. The van der Waals surface area contributed by atoms with E-state index in [1.165, 1.54) is 0 Å². The van der Waals surface area contributed by atoms with Gasteiger partial charge in [0.25, 0.3) is 0 Å². The van der Waals surface area contributed by atoms with Gasteiger partial charge in [-0.25, -0.2) is 9.59 Å². The van der Waals surface area contributed by atoms with E-state index in [1.807, 2.05) is 6.07 Å². The smallest absolute Gasteiger partial charge is 0.394 e. The maximum atomic E-state index is 12.2. The minimum Gasteiger partial charge on any atom is -0.474 e. The highest BCUT2D eigenvalue weighted by molar-refractivity contribution is 6.31. The summed E-state index contributed by atoms with van der Waals surface area (Å²) in [4.78, 5) is 34.3. The van der Waals surface area contributed by atoms with Gasteiger partial charge in [-0.2, -0.15) is 13.2 Å². The van der Waals surface area contributed by atoms with Gasteiger partial charge in [-0.05, 0) is 35.2 Å². The number of hydrogen-bond acceptors (Lipinski definition) is 5. The fourth-order valence-electron chi connectivity index (χ4n) is 2.96. The molecule has 0 saturated carbocycles. The summed E-state index contributed by atoms with van der Waals surface area (Å²) < 4.78 is 40.9. The van der Waals surface area contributed by atoms with Crippen LogP contribution in [0.15, 0.2) is 48.5 Å². The molecule has 1 amide bonds. The van der Waals surface area contributed by atoms with Gasteiger partial charge in [0.2, 0.25) is 0 Å². The summed E-state index contributed by atoms with van der Waals surface area (Å²) in [7, 11) is 0. The van der Waals surface area contributed by atoms with Gasteiger partial charge in [0.05, 0.1) is 6.42 Å². The Labute approximate surface area is 192 Å². The van der Waals surface area contributed by atoms with Gasteiger partial charge >= 0.3 is 24.0 Å². The molecule has 7 nitrogen and oxygen atoms in total. The van der Waals surface area contributed by atoms with Gasteiger partial charge < -0.3 is 20.3 Å². The Kier molecular flexibility index (Phi) is 9.24. The van der Waals surface area contributed by atoms with Crippen molar-refractivity contribution in [2.45, 2.75) is 37.6 Å². The molecule has 178 valence electrons. The number of ether oxygens (including phenoxy) is 1. The number of carbonyl (C=O) groups excluding carboxylic acids is 2. The molecule has 2 aromatic carbocycles. The highest BCUT2D eigenvalue weighted by Gasteiger charge is 2.29. The molecule has 3 N–H and O–H groups in total. The van der Waals surface area contributed by atoms with Crippen LogP contribution >= 0.6 is 11.6 Å². The molecular weight excluding hydrogens is 467 g/mol. The van der Waals surface area contributed by atoms with Crippen LogP contribution in [0.3, 0.4) is 0 Å². The first kappa shape index (κ1) is 26.1. The fourth-order valence-corrected chi connectivity index (χ4v) is 3.15. The van der Waals surface area contributed by atoms with E-state index in [0.717, 1.165) is 11.1 Å². The highest BCUT2D eigenvalue weighted by atomic mass is 35.5. The third-order valence-corrected chi connectivity index (χ3v) is 4.77. The highest BCUT2D eigenvalue weighted by Crippen LogP contribution is 2.24. The molecular formula is C22H21ClF3NO6. The van der Waals surface area contributed by atoms with Crippen molar-refractivity contribution in [3.63, 3.8) is 0 Å². The van der Waals surface area contributed by atoms with Gasteiger partial charge in [-0.15, -0.1) is 0 Å². The van der Waals surface area contributed by atoms with Gasteiger partial charge in [0, 0.05) is 17.5 Å². The number of esters is 1. The van der Waals surface area contributed by atoms with Crippen LogP contribution in [0, 0.1) is 0 Å². The van der Waals surface area contributed by atoms with Crippen LogP contribution in [0.5, 0.6) is 0 Å². The first-order valence-corrected chi connectivity index (χ1v) is 10.1. The Morgan fingerprint density at radius 1 is 1.06 bits per heavy atom. The summed E-state index contributed by atoms with van der Waals surface area (Å²) in [5.41, 5.74) is 2.36. The monoisotopic (exact) mass is 487 g/mol. The molecule has 0 saturated heterocycles. The predicted octanol–water partition coefficient (Wildman–Crippen LogP) is 3.37.